The molecule has 0 aliphatic carbocycles. The Hall–Kier alpha value is -2.17. The third-order valence-electron chi connectivity index (χ3n) is 3.64. The molecule has 0 aromatic heterocycles. The Bertz CT molecular complexity index is 583. The van der Waals surface area contributed by atoms with Crippen LogP contribution in [0, 0.1) is 0 Å². The van der Waals surface area contributed by atoms with Crippen molar-refractivity contribution in [3.05, 3.63) is 71.8 Å². The summed E-state index contributed by atoms with van der Waals surface area (Å²) in [5.41, 5.74) is 0.0552. The molecule has 4 heteroatoms. The first-order valence-electron chi connectivity index (χ1n) is 7.57. The van der Waals surface area contributed by atoms with E-state index in [0.717, 1.165) is 0 Å². The molecule has 0 bridgehead atoms. The largest absolute Gasteiger partial charge is 0.467 e. The predicted octanol–water partition coefficient (Wildman–Crippen LogP) is 2.89. The molecule has 0 fully saturated rings. The van der Waals surface area contributed by atoms with Crippen molar-refractivity contribution in [1.82, 2.24) is 0 Å². The molecule has 2 aromatic rings. The maximum absolute atomic E-state index is 12.1. The van der Waals surface area contributed by atoms with Gasteiger partial charge in [0, 0.05) is 0 Å². The highest BCUT2D eigenvalue weighted by atomic mass is 16.6. The second kappa shape index (κ2) is 7.40. The maximum Gasteiger partial charge on any atom is 0.338 e. The molecule has 1 N–H and O–H groups in total. The normalized spacial score (nSPS) is 12.9. The zero-order valence-corrected chi connectivity index (χ0v) is 13.6. The van der Waals surface area contributed by atoms with E-state index in [9.17, 15) is 9.90 Å². The Kier molecular flexibility index (Phi) is 5.53. The summed E-state index contributed by atoms with van der Waals surface area (Å²) in [7, 11) is 1.25. The number of rotatable bonds is 6. The van der Waals surface area contributed by atoms with Crippen molar-refractivity contribution in [1.29, 1.82) is 0 Å². The second-order valence-corrected chi connectivity index (χ2v) is 5.56. The van der Waals surface area contributed by atoms with Crippen molar-refractivity contribution in [2.24, 2.45) is 0 Å². The van der Waals surface area contributed by atoms with Crippen molar-refractivity contribution >= 4 is 5.97 Å². The van der Waals surface area contributed by atoms with E-state index in [2.05, 4.69) is 0 Å². The molecule has 2 aromatic carbocycles. The minimum Gasteiger partial charge on any atom is -0.467 e. The number of hydrogen-bond acceptors (Lipinski definition) is 4. The zero-order valence-electron chi connectivity index (χ0n) is 13.6. The van der Waals surface area contributed by atoms with Gasteiger partial charge in [-0.1, -0.05) is 60.7 Å². The van der Waals surface area contributed by atoms with Gasteiger partial charge in [0.15, 0.2) is 11.7 Å². The summed E-state index contributed by atoms with van der Waals surface area (Å²) in [5, 5.41) is 10.8. The first-order chi connectivity index (χ1) is 11.0. The molecule has 1 unspecified atom stereocenters. The van der Waals surface area contributed by atoms with Crippen LogP contribution in [0.2, 0.25) is 0 Å². The molecule has 0 aliphatic rings. The van der Waals surface area contributed by atoms with Crippen LogP contribution < -0.4 is 0 Å². The summed E-state index contributed by atoms with van der Waals surface area (Å²) in [6.45, 7) is 3.73. The summed E-state index contributed by atoms with van der Waals surface area (Å²) >= 11 is 0. The van der Waals surface area contributed by atoms with Crippen LogP contribution in [0.4, 0.5) is 0 Å². The molecule has 0 aliphatic heterocycles. The average molecular weight is 314 g/mol. The number of aliphatic hydroxyl groups excluding tert-OH is 1. The summed E-state index contributed by atoms with van der Waals surface area (Å²) < 4.78 is 10.9. The molecule has 0 amide bonds. The van der Waals surface area contributed by atoms with Crippen LogP contribution in [0.3, 0.4) is 0 Å². The smallest absolute Gasteiger partial charge is 0.338 e. The average Bonchev–Trinajstić information content (AvgIpc) is 2.59. The number of carbonyl (C=O) groups is 1. The fraction of sp³-hybridized carbons (Fsp3) is 0.316. The number of esters is 1. The van der Waals surface area contributed by atoms with Gasteiger partial charge in [-0.05, 0) is 25.0 Å². The van der Waals surface area contributed by atoms with Gasteiger partial charge in [-0.3, -0.25) is 0 Å². The summed E-state index contributed by atoms with van der Waals surface area (Å²) in [5.74, 6) is -0.738. The topological polar surface area (TPSA) is 55.8 Å². The predicted molar refractivity (Wildman–Crippen MR) is 87.9 cm³/mol. The van der Waals surface area contributed by atoms with E-state index in [1.807, 2.05) is 74.5 Å². The lowest BCUT2D eigenvalue weighted by molar-refractivity contribution is -0.176. The van der Waals surface area contributed by atoms with Gasteiger partial charge >= 0.3 is 5.97 Å². The van der Waals surface area contributed by atoms with E-state index in [-0.39, 0.29) is 6.10 Å². The van der Waals surface area contributed by atoms with Gasteiger partial charge in [-0.25, -0.2) is 4.79 Å². The standard InChI is InChI=1S/C19H22O4/c1-14(2)23-19(17(20)18(21)22-3,15-10-6-4-7-11-15)16-12-8-5-9-13-16/h4-14,17,20H,1-3H3. The van der Waals surface area contributed by atoms with Gasteiger partial charge in [0.05, 0.1) is 13.2 Å². The Labute approximate surface area is 136 Å². The van der Waals surface area contributed by atoms with E-state index >= 15 is 0 Å². The quantitative estimate of drug-likeness (QED) is 0.833. The lowest BCUT2D eigenvalue weighted by Gasteiger charge is -2.39. The van der Waals surface area contributed by atoms with E-state index in [1.165, 1.54) is 7.11 Å². The van der Waals surface area contributed by atoms with E-state index in [1.54, 1.807) is 0 Å². The molecule has 122 valence electrons. The number of hydrogen-bond donors (Lipinski definition) is 1. The van der Waals surface area contributed by atoms with Crippen LogP contribution in [-0.2, 0) is 19.9 Å². The Morgan fingerprint density at radius 1 is 0.957 bits per heavy atom. The lowest BCUT2D eigenvalue weighted by atomic mass is 9.81. The van der Waals surface area contributed by atoms with Gasteiger partial charge in [0.2, 0.25) is 0 Å². The molecule has 0 spiro atoms. The Balaban J connectivity index is 2.71. The third-order valence-corrected chi connectivity index (χ3v) is 3.64. The van der Waals surface area contributed by atoms with Gasteiger partial charge in [0.25, 0.3) is 0 Å². The van der Waals surface area contributed by atoms with Crippen molar-refractivity contribution in [3.8, 4) is 0 Å². The molecule has 0 saturated heterocycles. The van der Waals surface area contributed by atoms with Crippen LogP contribution in [-0.4, -0.2) is 30.4 Å². The number of benzene rings is 2. The molecule has 4 nitrogen and oxygen atoms in total. The molecule has 23 heavy (non-hydrogen) atoms. The molecule has 1 atom stereocenters. The summed E-state index contributed by atoms with van der Waals surface area (Å²) in [4.78, 5) is 12.1. The lowest BCUT2D eigenvalue weighted by Crippen LogP contribution is -2.49. The third kappa shape index (κ3) is 3.44. The van der Waals surface area contributed by atoms with Gasteiger partial charge < -0.3 is 14.6 Å². The van der Waals surface area contributed by atoms with Crippen LogP contribution >= 0.6 is 0 Å². The van der Waals surface area contributed by atoms with Crippen LogP contribution in [0.25, 0.3) is 0 Å². The Morgan fingerprint density at radius 3 is 1.74 bits per heavy atom. The monoisotopic (exact) mass is 314 g/mol. The van der Waals surface area contributed by atoms with Gasteiger partial charge in [-0.2, -0.15) is 0 Å². The molecular weight excluding hydrogens is 292 g/mol. The summed E-state index contributed by atoms with van der Waals surface area (Å²) in [6.07, 6.45) is -1.70. The minimum atomic E-state index is -1.49. The van der Waals surface area contributed by atoms with Gasteiger partial charge in [-0.15, -0.1) is 0 Å². The molecule has 0 saturated carbocycles. The minimum absolute atomic E-state index is 0.213. The number of ether oxygens (including phenoxy) is 2. The summed E-state index contributed by atoms with van der Waals surface area (Å²) in [6, 6.07) is 18.5. The molecule has 2 rings (SSSR count). The fourth-order valence-corrected chi connectivity index (χ4v) is 2.70. The highest BCUT2D eigenvalue weighted by molar-refractivity contribution is 5.77. The highest BCUT2D eigenvalue weighted by Crippen LogP contribution is 2.38. The maximum atomic E-state index is 12.1. The van der Waals surface area contributed by atoms with Crippen molar-refractivity contribution in [2.45, 2.75) is 31.7 Å². The molecule has 0 radical (unpaired) electrons. The van der Waals surface area contributed by atoms with Crippen LogP contribution in [0.5, 0.6) is 0 Å². The zero-order chi connectivity index (χ0) is 16.9. The molecule has 0 heterocycles. The van der Waals surface area contributed by atoms with Crippen molar-refractivity contribution in [3.63, 3.8) is 0 Å². The first kappa shape index (κ1) is 17.2. The fourth-order valence-electron chi connectivity index (χ4n) is 2.70. The van der Waals surface area contributed by atoms with Crippen LogP contribution in [0.1, 0.15) is 25.0 Å². The second-order valence-electron chi connectivity index (χ2n) is 5.56. The first-order valence-corrected chi connectivity index (χ1v) is 7.57. The number of carbonyl (C=O) groups excluding carboxylic acids is 1. The Morgan fingerprint density at radius 2 is 1.39 bits per heavy atom. The molecular formula is C19H22O4. The van der Waals surface area contributed by atoms with Crippen molar-refractivity contribution < 1.29 is 19.4 Å². The number of aliphatic hydroxyl groups is 1. The van der Waals surface area contributed by atoms with Crippen LogP contribution in [0.15, 0.2) is 60.7 Å². The van der Waals surface area contributed by atoms with E-state index < -0.39 is 17.7 Å². The van der Waals surface area contributed by atoms with Gasteiger partial charge in [0.1, 0.15) is 0 Å². The van der Waals surface area contributed by atoms with E-state index in [4.69, 9.17) is 9.47 Å². The SMILES string of the molecule is COC(=O)C(O)C(OC(C)C)(c1ccccc1)c1ccccc1. The van der Waals surface area contributed by atoms with E-state index in [0.29, 0.717) is 11.1 Å². The van der Waals surface area contributed by atoms with Crippen molar-refractivity contribution in [2.75, 3.05) is 7.11 Å². The highest BCUT2D eigenvalue weighted by Gasteiger charge is 2.47. The number of methoxy groups -OCH3 is 1.